The molecule has 1 aliphatic heterocycles. The number of benzene rings is 2. The molecule has 2 aromatic rings. The Balaban J connectivity index is 1.59. The van der Waals surface area contributed by atoms with Gasteiger partial charge in [-0.05, 0) is 54.0 Å². The second kappa shape index (κ2) is 6.41. The van der Waals surface area contributed by atoms with Crippen molar-refractivity contribution >= 4 is 11.9 Å². The first kappa shape index (κ1) is 17.6. The molecule has 140 valence electrons. The van der Waals surface area contributed by atoms with Gasteiger partial charge in [-0.15, -0.1) is 0 Å². The molecule has 0 spiro atoms. The molecular weight excluding hydrogens is 338 g/mol. The molecule has 27 heavy (non-hydrogen) atoms. The minimum atomic E-state index is -0.412. The molecule has 1 amide bonds. The summed E-state index contributed by atoms with van der Waals surface area (Å²) in [7, 11) is 3.36. The van der Waals surface area contributed by atoms with Crippen LogP contribution in [0.1, 0.15) is 31.2 Å². The Bertz CT molecular complexity index is 923. The molecule has 0 bridgehead atoms. The van der Waals surface area contributed by atoms with E-state index in [1.807, 2.05) is 18.2 Å². The van der Waals surface area contributed by atoms with E-state index in [1.54, 1.807) is 14.2 Å². The van der Waals surface area contributed by atoms with Gasteiger partial charge in [0.25, 0.3) is 0 Å². The number of ether oxygens (including phenoxy) is 1. The molecule has 1 heterocycles. The van der Waals surface area contributed by atoms with Crippen LogP contribution in [0, 0.1) is 5.92 Å². The number of amides is 1. The number of carbonyl (C=O) groups is 1. The SMILES string of the molecule is COc1cccc(-c2cccc(C3CC3C3(C)CC(=O)N(C)C(N)=N3)c2)c1. The van der Waals surface area contributed by atoms with E-state index < -0.39 is 5.54 Å². The number of aliphatic imine (C=N–C) groups is 1. The highest BCUT2D eigenvalue weighted by Crippen LogP contribution is 2.56. The van der Waals surface area contributed by atoms with Crippen molar-refractivity contribution in [3.05, 3.63) is 54.1 Å². The fraction of sp³-hybridized carbons (Fsp3) is 0.364. The lowest BCUT2D eigenvalue weighted by atomic mass is 9.87. The van der Waals surface area contributed by atoms with Gasteiger partial charge in [-0.2, -0.15) is 0 Å². The minimum absolute atomic E-state index is 0.0424. The summed E-state index contributed by atoms with van der Waals surface area (Å²) in [6.45, 7) is 2.06. The third-order valence-corrected chi connectivity index (χ3v) is 5.90. The van der Waals surface area contributed by atoms with Crippen molar-refractivity contribution in [2.75, 3.05) is 14.2 Å². The van der Waals surface area contributed by atoms with Crippen molar-refractivity contribution in [2.45, 2.75) is 31.2 Å². The van der Waals surface area contributed by atoms with Gasteiger partial charge in [0.2, 0.25) is 5.91 Å². The third-order valence-electron chi connectivity index (χ3n) is 5.90. The first-order chi connectivity index (χ1) is 12.9. The molecule has 5 nitrogen and oxygen atoms in total. The summed E-state index contributed by atoms with van der Waals surface area (Å²) < 4.78 is 5.34. The molecule has 4 rings (SSSR count). The van der Waals surface area contributed by atoms with E-state index in [9.17, 15) is 4.79 Å². The van der Waals surface area contributed by atoms with Crippen LogP contribution in [-0.4, -0.2) is 36.5 Å². The normalized spacial score (nSPS) is 27.3. The number of hydrogen-bond acceptors (Lipinski definition) is 4. The van der Waals surface area contributed by atoms with Crippen LogP contribution in [0.4, 0.5) is 0 Å². The number of nitrogens with zero attached hydrogens (tertiary/aromatic N) is 2. The average Bonchev–Trinajstić information content (AvgIpc) is 3.48. The molecule has 3 unspecified atom stereocenters. The predicted molar refractivity (Wildman–Crippen MR) is 107 cm³/mol. The van der Waals surface area contributed by atoms with E-state index in [-0.39, 0.29) is 5.91 Å². The minimum Gasteiger partial charge on any atom is -0.497 e. The second-order valence-electron chi connectivity index (χ2n) is 7.76. The molecule has 2 N–H and O–H groups in total. The molecule has 1 aliphatic carbocycles. The van der Waals surface area contributed by atoms with Crippen LogP contribution in [0.25, 0.3) is 11.1 Å². The Morgan fingerprint density at radius 1 is 1.19 bits per heavy atom. The smallest absolute Gasteiger partial charge is 0.231 e. The summed E-state index contributed by atoms with van der Waals surface area (Å²) in [4.78, 5) is 18.4. The topological polar surface area (TPSA) is 67.9 Å². The molecule has 3 atom stereocenters. The van der Waals surface area contributed by atoms with Gasteiger partial charge in [0, 0.05) is 7.05 Å². The zero-order chi connectivity index (χ0) is 19.2. The molecular formula is C22H25N3O2. The van der Waals surface area contributed by atoms with Crippen LogP contribution in [0.15, 0.2) is 53.5 Å². The summed E-state index contributed by atoms with van der Waals surface area (Å²) in [5, 5.41) is 0. The zero-order valence-corrected chi connectivity index (χ0v) is 16.0. The summed E-state index contributed by atoms with van der Waals surface area (Å²) in [5.74, 6) is 1.97. The number of hydrogen-bond donors (Lipinski definition) is 1. The van der Waals surface area contributed by atoms with E-state index >= 15 is 0 Å². The van der Waals surface area contributed by atoms with Crippen molar-refractivity contribution in [1.29, 1.82) is 0 Å². The van der Waals surface area contributed by atoms with Crippen molar-refractivity contribution in [3.8, 4) is 16.9 Å². The molecule has 2 aromatic carbocycles. The van der Waals surface area contributed by atoms with Gasteiger partial charge in [0.15, 0.2) is 5.96 Å². The molecule has 1 saturated carbocycles. The Morgan fingerprint density at radius 2 is 1.89 bits per heavy atom. The summed E-state index contributed by atoms with van der Waals surface area (Å²) in [6.07, 6.45) is 1.45. The maximum Gasteiger partial charge on any atom is 0.231 e. The second-order valence-corrected chi connectivity index (χ2v) is 7.76. The monoisotopic (exact) mass is 363 g/mol. The number of rotatable bonds is 4. The highest BCUT2D eigenvalue weighted by molar-refractivity contribution is 5.98. The van der Waals surface area contributed by atoms with E-state index in [2.05, 4.69) is 42.2 Å². The standard InChI is InChI=1S/C22H25N3O2/c1-22(13-20(26)25(2)21(23)24-22)19-12-18(19)16-8-4-6-14(10-16)15-7-5-9-17(11-15)27-3/h4-11,18-19H,12-13H2,1-3H3,(H2,23,24). The van der Waals surface area contributed by atoms with E-state index in [4.69, 9.17) is 10.5 Å². The van der Waals surface area contributed by atoms with Gasteiger partial charge < -0.3 is 10.5 Å². The maximum atomic E-state index is 12.2. The van der Waals surface area contributed by atoms with E-state index in [1.165, 1.54) is 16.0 Å². The van der Waals surface area contributed by atoms with Crippen LogP contribution < -0.4 is 10.5 Å². The van der Waals surface area contributed by atoms with Crippen molar-refractivity contribution in [3.63, 3.8) is 0 Å². The molecule has 2 aliphatic rings. The van der Waals surface area contributed by atoms with Crippen molar-refractivity contribution in [2.24, 2.45) is 16.6 Å². The van der Waals surface area contributed by atoms with Crippen LogP contribution in [0.3, 0.4) is 0 Å². The maximum absolute atomic E-state index is 12.2. The lowest BCUT2D eigenvalue weighted by Crippen LogP contribution is -2.49. The number of methoxy groups -OCH3 is 1. The van der Waals surface area contributed by atoms with Crippen molar-refractivity contribution in [1.82, 2.24) is 4.90 Å². The number of nitrogens with two attached hydrogens (primary N) is 1. The first-order valence-electron chi connectivity index (χ1n) is 9.27. The number of carbonyl (C=O) groups excluding carboxylic acids is 1. The lowest BCUT2D eigenvalue weighted by Gasteiger charge is -2.33. The quantitative estimate of drug-likeness (QED) is 0.905. The van der Waals surface area contributed by atoms with Crippen LogP contribution in [0.5, 0.6) is 5.75 Å². The fourth-order valence-corrected chi connectivity index (χ4v) is 4.14. The van der Waals surface area contributed by atoms with Gasteiger partial charge in [-0.3, -0.25) is 9.69 Å². The van der Waals surface area contributed by atoms with E-state index in [0.717, 1.165) is 17.7 Å². The van der Waals surface area contributed by atoms with Gasteiger partial charge in [0.05, 0.1) is 19.1 Å². The summed E-state index contributed by atoms with van der Waals surface area (Å²) in [5.41, 5.74) is 9.15. The molecule has 0 saturated heterocycles. The van der Waals surface area contributed by atoms with Gasteiger partial charge in [-0.25, -0.2) is 4.99 Å². The largest absolute Gasteiger partial charge is 0.497 e. The molecule has 5 heteroatoms. The number of guanidine groups is 1. The predicted octanol–water partition coefficient (Wildman–Crippen LogP) is 3.40. The molecule has 0 aromatic heterocycles. The fourth-order valence-electron chi connectivity index (χ4n) is 4.14. The Morgan fingerprint density at radius 3 is 2.59 bits per heavy atom. The Hall–Kier alpha value is -2.82. The van der Waals surface area contributed by atoms with Gasteiger partial charge in [-0.1, -0.05) is 36.4 Å². The summed E-state index contributed by atoms with van der Waals surface area (Å²) in [6, 6.07) is 16.7. The Kier molecular flexibility index (Phi) is 4.17. The van der Waals surface area contributed by atoms with Crippen molar-refractivity contribution < 1.29 is 9.53 Å². The summed E-state index contributed by atoms with van der Waals surface area (Å²) >= 11 is 0. The lowest BCUT2D eigenvalue weighted by molar-refractivity contribution is -0.128. The van der Waals surface area contributed by atoms with Crippen LogP contribution in [-0.2, 0) is 4.79 Å². The highest BCUT2D eigenvalue weighted by atomic mass is 16.5. The third kappa shape index (κ3) is 3.18. The molecule has 1 fully saturated rings. The zero-order valence-electron chi connectivity index (χ0n) is 16.0. The average molecular weight is 363 g/mol. The first-order valence-corrected chi connectivity index (χ1v) is 9.27. The van der Waals surface area contributed by atoms with Crippen LogP contribution >= 0.6 is 0 Å². The van der Waals surface area contributed by atoms with Gasteiger partial charge in [0.1, 0.15) is 5.75 Å². The highest BCUT2D eigenvalue weighted by Gasteiger charge is 2.53. The van der Waals surface area contributed by atoms with Gasteiger partial charge >= 0.3 is 0 Å². The molecule has 0 radical (unpaired) electrons. The van der Waals surface area contributed by atoms with E-state index in [0.29, 0.717) is 24.2 Å². The Labute approximate surface area is 159 Å². The van der Waals surface area contributed by atoms with Crippen LogP contribution in [0.2, 0.25) is 0 Å².